The van der Waals surface area contributed by atoms with Crippen LogP contribution in [0.2, 0.25) is 0 Å². The minimum atomic E-state index is -0.146. The van der Waals surface area contributed by atoms with E-state index in [0.29, 0.717) is 48.4 Å². The van der Waals surface area contributed by atoms with Crippen LogP contribution in [-0.2, 0) is 11.2 Å². The summed E-state index contributed by atoms with van der Waals surface area (Å²) >= 11 is 0. The fraction of sp³-hybridized carbons (Fsp3) is 0.565. The highest BCUT2D eigenvalue weighted by Gasteiger charge is 2.24. The topological polar surface area (TPSA) is 98.2 Å². The maximum atomic E-state index is 13.0. The average molecular weight is 439 g/mol. The number of hydrogen-bond donors (Lipinski definition) is 1. The van der Waals surface area contributed by atoms with Crippen molar-refractivity contribution in [1.29, 1.82) is 0 Å². The Bertz CT molecular complexity index is 1140. The van der Waals surface area contributed by atoms with E-state index in [4.69, 9.17) is 19.6 Å². The maximum Gasteiger partial charge on any atom is 0.262 e. The van der Waals surface area contributed by atoms with Gasteiger partial charge in [-0.2, -0.15) is 5.10 Å². The predicted octanol–water partition coefficient (Wildman–Crippen LogP) is 2.92. The van der Waals surface area contributed by atoms with E-state index >= 15 is 0 Å². The van der Waals surface area contributed by atoms with Gasteiger partial charge in [0.15, 0.2) is 11.9 Å². The molecule has 3 aromatic rings. The van der Waals surface area contributed by atoms with Crippen molar-refractivity contribution in [1.82, 2.24) is 29.6 Å². The number of nitrogens with one attached hydrogen (secondary N) is 1. The minimum Gasteiger partial charge on any atom is -0.459 e. The molecular weight excluding hydrogens is 408 g/mol. The van der Waals surface area contributed by atoms with Crippen molar-refractivity contribution in [3.8, 4) is 17.3 Å². The van der Waals surface area contributed by atoms with E-state index in [1.807, 2.05) is 30.7 Å². The summed E-state index contributed by atoms with van der Waals surface area (Å²) in [5.74, 6) is 1.01. The normalized spacial score (nSPS) is 18.9. The third-order valence-electron chi connectivity index (χ3n) is 6.50. The standard InChI is InChI=1S/C23H30N6O3/c1-3-18-20-22(29(27-18)17-6-4-5-7-17)25-21(26-23(20)30)16-8-9-24-19(14-16)32-15(2)28-10-12-31-13-11-28/h8-9,14-15,17H,3-7,10-13H2,1-2H3,(H,25,26,30). The first-order valence-electron chi connectivity index (χ1n) is 11.6. The van der Waals surface area contributed by atoms with Crippen molar-refractivity contribution in [3.05, 3.63) is 34.4 Å². The summed E-state index contributed by atoms with van der Waals surface area (Å²) in [6.07, 6.45) is 6.81. The number of H-pyrrole nitrogens is 1. The first-order chi connectivity index (χ1) is 15.6. The molecule has 1 aliphatic heterocycles. The molecule has 9 nitrogen and oxygen atoms in total. The Labute approximate surface area is 186 Å². The number of pyridine rings is 1. The quantitative estimate of drug-likeness (QED) is 0.632. The second-order valence-corrected chi connectivity index (χ2v) is 8.54. The second-order valence-electron chi connectivity index (χ2n) is 8.54. The van der Waals surface area contributed by atoms with E-state index in [2.05, 4.69) is 14.9 Å². The molecule has 1 aliphatic carbocycles. The van der Waals surface area contributed by atoms with Gasteiger partial charge in [-0.3, -0.25) is 9.69 Å². The van der Waals surface area contributed by atoms with Gasteiger partial charge in [0.2, 0.25) is 5.88 Å². The van der Waals surface area contributed by atoms with E-state index in [9.17, 15) is 4.79 Å². The fourth-order valence-electron chi connectivity index (χ4n) is 4.71. The Morgan fingerprint density at radius 2 is 2.06 bits per heavy atom. The summed E-state index contributed by atoms with van der Waals surface area (Å²) in [5.41, 5.74) is 2.10. The number of aryl methyl sites for hydroxylation is 1. The maximum absolute atomic E-state index is 13.0. The second kappa shape index (κ2) is 8.99. The highest BCUT2D eigenvalue weighted by atomic mass is 16.5. The van der Waals surface area contributed by atoms with Gasteiger partial charge in [0.25, 0.3) is 5.56 Å². The third-order valence-corrected chi connectivity index (χ3v) is 6.50. The molecule has 1 N–H and O–H groups in total. The van der Waals surface area contributed by atoms with Gasteiger partial charge in [-0.1, -0.05) is 19.8 Å². The summed E-state index contributed by atoms with van der Waals surface area (Å²) in [6.45, 7) is 7.12. The van der Waals surface area contributed by atoms with Gasteiger partial charge in [0, 0.05) is 30.9 Å². The van der Waals surface area contributed by atoms with Gasteiger partial charge >= 0.3 is 0 Å². The van der Waals surface area contributed by atoms with Gasteiger partial charge in [0.05, 0.1) is 24.9 Å². The molecule has 3 aromatic heterocycles. The molecule has 2 fully saturated rings. The van der Waals surface area contributed by atoms with Crippen LogP contribution in [0.1, 0.15) is 51.3 Å². The highest BCUT2D eigenvalue weighted by Crippen LogP contribution is 2.32. The molecular formula is C23H30N6O3. The van der Waals surface area contributed by atoms with E-state index in [0.717, 1.165) is 37.2 Å². The van der Waals surface area contributed by atoms with E-state index < -0.39 is 0 Å². The Morgan fingerprint density at radius 1 is 1.28 bits per heavy atom. The number of fused-ring (bicyclic) bond motifs is 1. The smallest absolute Gasteiger partial charge is 0.262 e. The molecule has 0 amide bonds. The van der Waals surface area contributed by atoms with Crippen LogP contribution in [0.5, 0.6) is 5.88 Å². The molecule has 5 rings (SSSR count). The van der Waals surface area contributed by atoms with Crippen molar-refractivity contribution in [2.75, 3.05) is 26.3 Å². The Hall–Kier alpha value is -2.78. The molecule has 1 saturated heterocycles. The lowest BCUT2D eigenvalue weighted by Gasteiger charge is -2.31. The summed E-state index contributed by atoms with van der Waals surface area (Å²) in [7, 11) is 0. The molecule has 4 heterocycles. The lowest BCUT2D eigenvalue weighted by molar-refractivity contribution is -0.0388. The first kappa shape index (κ1) is 21.1. The van der Waals surface area contributed by atoms with Crippen LogP contribution in [0.25, 0.3) is 22.4 Å². The predicted molar refractivity (Wildman–Crippen MR) is 121 cm³/mol. The summed E-state index contributed by atoms with van der Waals surface area (Å²) in [5, 5.41) is 5.38. The van der Waals surface area contributed by atoms with E-state index in [1.165, 1.54) is 12.8 Å². The minimum absolute atomic E-state index is 0.118. The van der Waals surface area contributed by atoms with Crippen molar-refractivity contribution in [2.24, 2.45) is 0 Å². The van der Waals surface area contributed by atoms with Gasteiger partial charge in [0.1, 0.15) is 11.2 Å². The zero-order chi connectivity index (χ0) is 22.1. The number of hydrogen-bond acceptors (Lipinski definition) is 7. The average Bonchev–Trinajstić information content (AvgIpc) is 3.48. The molecule has 32 heavy (non-hydrogen) atoms. The first-order valence-corrected chi connectivity index (χ1v) is 11.6. The van der Waals surface area contributed by atoms with Crippen LogP contribution in [0.4, 0.5) is 0 Å². The monoisotopic (exact) mass is 438 g/mol. The molecule has 1 saturated carbocycles. The molecule has 0 bridgehead atoms. The van der Waals surface area contributed by atoms with Crippen molar-refractivity contribution in [3.63, 3.8) is 0 Å². The summed E-state index contributed by atoms with van der Waals surface area (Å²) < 4.78 is 13.5. The molecule has 1 unspecified atom stereocenters. The molecule has 9 heteroatoms. The summed E-state index contributed by atoms with van der Waals surface area (Å²) in [6, 6.07) is 3.98. The zero-order valence-electron chi connectivity index (χ0n) is 18.7. The largest absolute Gasteiger partial charge is 0.459 e. The SMILES string of the molecule is CCc1nn(C2CCCC2)c2nc(-c3ccnc(OC(C)N4CCOCC4)c3)[nH]c(=O)c12. The van der Waals surface area contributed by atoms with Crippen LogP contribution in [0, 0.1) is 0 Å². The van der Waals surface area contributed by atoms with Gasteiger partial charge < -0.3 is 14.5 Å². The lowest BCUT2D eigenvalue weighted by atomic mass is 10.2. The number of ether oxygens (including phenoxy) is 2. The van der Waals surface area contributed by atoms with Crippen LogP contribution in [-0.4, -0.2) is 62.2 Å². The van der Waals surface area contributed by atoms with E-state index in [1.54, 1.807) is 6.20 Å². The van der Waals surface area contributed by atoms with Crippen LogP contribution in [0.3, 0.4) is 0 Å². The molecule has 2 aliphatic rings. The van der Waals surface area contributed by atoms with Gasteiger partial charge in [-0.25, -0.2) is 14.6 Å². The van der Waals surface area contributed by atoms with Gasteiger partial charge in [-0.05, 0) is 32.3 Å². The number of aromatic amines is 1. The number of rotatable bonds is 6. The number of nitrogens with zero attached hydrogens (tertiary/aromatic N) is 5. The number of morpholine rings is 1. The van der Waals surface area contributed by atoms with Crippen LogP contribution in [0.15, 0.2) is 23.1 Å². The van der Waals surface area contributed by atoms with E-state index in [-0.39, 0.29) is 11.8 Å². The molecule has 1 atom stereocenters. The summed E-state index contributed by atoms with van der Waals surface area (Å²) in [4.78, 5) is 27.4. The van der Waals surface area contributed by atoms with Crippen LogP contribution >= 0.6 is 0 Å². The highest BCUT2D eigenvalue weighted by molar-refractivity contribution is 5.79. The molecule has 0 spiro atoms. The fourth-order valence-corrected chi connectivity index (χ4v) is 4.71. The van der Waals surface area contributed by atoms with Crippen LogP contribution < -0.4 is 10.3 Å². The lowest BCUT2D eigenvalue weighted by Crippen LogP contribution is -2.44. The number of aromatic nitrogens is 5. The molecule has 0 radical (unpaired) electrons. The molecule has 0 aromatic carbocycles. The Balaban J connectivity index is 1.48. The Kier molecular flexibility index (Phi) is 5.93. The Morgan fingerprint density at radius 3 is 2.81 bits per heavy atom. The van der Waals surface area contributed by atoms with Crippen molar-refractivity contribution in [2.45, 2.75) is 58.2 Å². The van der Waals surface area contributed by atoms with Gasteiger partial charge in [-0.15, -0.1) is 0 Å². The third kappa shape index (κ3) is 4.02. The van der Waals surface area contributed by atoms with Crippen molar-refractivity contribution < 1.29 is 9.47 Å². The van der Waals surface area contributed by atoms with Crippen molar-refractivity contribution >= 4 is 11.0 Å². The zero-order valence-corrected chi connectivity index (χ0v) is 18.7. The molecule has 170 valence electrons.